The van der Waals surface area contributed by atoms with Crippen molar-refractivity contribution in [3.05, 3.63) is 11.6 Å². The van der Waals surface area contributed by atoms with Gasteiger partial charge in [0.05, 0.1) is 6.10 Å². The lowest BCUT2D eigenvalue weighted by atomic mass is 9.45. The topological polar surface area (TPSA) is 52.6 Å². The van der Waals surface area contributed by atoms with E-state index >= 15 is 0 Å². The Balaban J connectivity index is 1.73. The van der Waals surface area contributed by atoms with Crippen molar-refractivity contribution >= 4 is 20.8 Å². The molecule has 180 valence electrons. The predicted octanol–water partition coefficient (Wildman–Crippen LogP) is 5.70. The molecule has 0 amide bonds. The summed E-state index contributed by atoms with van der Waals surface area (Å²) in [5.41, 5.74) is 1.56. The van der Waals surface area contributed by atoms with Crippen LogP contribution in [0.1, 0.15) is 80.1 Å². The minimum atomic E-state index is -1.30. The van der Waals surface area contributed by atoms with Crippen molar-refractivity contribution in [2.75, 3.05) is 0 Å². The summed E-state index contributed by atoms with van der Waals surface area (Å²) in [6.07, 6.45) is 7.96. The van der Waals surface area contributed by atoms with E-state index in [-0.39, 0.29) is 40.3 Å². The second-order valence-corrected chi connectivity index (χ2v) is 15.3. The van der Waals surface area contributed by atoms with Crippen LogP contribution in [-0.2, 0) is 18.8 Å². The molecule has 8 atom stereocenters. The van der Waals surface area contributed by atoms with Crippen LogP contribution in [0, 0.1) is 39.9 Å². The molecule has 3 fully saturated rings. The van der Waals surface area contributed by atoms with E-state index in [0.717, 1.165) is 12.8 Å². The van der Waals surface area contributed by atoms with Crippen LogP contribution < -0.4 is 0 Å². The van der Waals surface area contributed by atoms with Crippen LogP contribution in [0.4, 0.5) is 0 Å². The van der Waals surface area contributed by atoms with Gasteiger partial charge in [0.15, 0.2) is 14.8 Å². The molecular weight excluding hydrogens is 416 g/mol. The van der Waals surface area contributed by atoms with Crippen molar-refractivity contribution in [1.29, 1.82) is 0 Å². The first-order valence-electron chi connectivity index (χ1n) is 12.9. The second kappa shape index (κ2) is 8.08. The van der Waals surface area contributed by atoms with Gasteiger partial charge in [0.25, 0.3) is 0 Å². The molecule has 2 unspecified atom stereocenters. The van der Waals surface area contributed by atoms with E-state index < -0.39 is 9.04 Å². The van der Waals surface area contributed by atoms with Crippen LogP contribution in [0.3, 0.4) is 0 Å². The summed E-state index contributed by atoms with van der Waals surface area (Å²) in [6.45, 7) is 17.9. The number of ether oxygens (including phenoxy) is 1. The molecule has 0 aromatic carbocycles. The van der Waals surface area contributed by atoms with E-state index in [1.807, 2.05) is 6.08 Å². The molecule has 3 saturated carbocycles. The largest absolute Gasteiger partial charge is 0.462 e. The normalized spacial score (nSPS) is 43.9. The summed E-state index contributed by atoms with van der Waals surface area (Å²) in [4.78, 5) is 25.4. The predicted molar refractivity (Wildman–Crippen MR) is 130 cm³/mol. The van der Waals surface area contributed by atoms with Crippen molar-refractivity contribution in [1.82, 2.24) is 0 Å². The van der Waals surface area contributed by atoms with E-state index in [9.17, 15) is 9.59 Å². The maximum Gasteiger partial charge on any atom is 0.302 e. The van der Waals surface area contributed by atoms with Gasteiger partial charge in [0, 0.05) is 31.1 Å². The van der Waals surface area contributed by atoms with Crippen LogP contribution in [0.15, 0.2) is 11.6 Å². The number of hydrogen-bond acceptors (Lipinski definition) is 4. The zero-order chi connectivity index (χ0) is 23.6. The molecule has 0 heterocycles. The van der Waals surface area contributed by atoms with Crippen LogP contribution >= 0.6 is 0 Å². The van der Waals surface area contributed by atoms with Crippen LogP contribution in [0.25, 0.3) is 0 Å². The van der Waals surface area contributed by atoms with E-state index in [4.69, 9.17) is 9.16 Å². The summed E-state index contributed by atoms with van der Waals surface area (Å²) in [5, 5.41) is 0. The van der Waals surface area contributed by atoms with E-state index in [2.05, 4.69) is 47.7 Å². The number of carbonyl (C=O) groups excluding carboxylic acids is 2. The number of esters is 1. The van der Waals surface area contributed by atoms with E-state index in [1.54, 1.807) is 0 Å². The Morgan fingerprint density at radius 1 is 1.12 bits per heavy atom. The molecular formula is C27H44O4Si. The molecule has 0 N–H and O–H groups in total. The molecule has 0 aromatic rings. The third-order valence-corrected chi connectivity index (χ3v) is 10.7. The zero-order valence-electron chi connectivity index (χ0n) is 21.5. The molecule has 0 saturated heterocycles. The third kappa shape index (κ3) is 3.75. The van der Waals surface area contributed by atoms with Crippen molar-refractivity contribution in [2.24, 2.45) is 39.9 Å². The fourth-order valence-electron chi connectivity index (χ4n) is 8.68. The minimum Gasteiger partial charge on any atom is -0.462 e. The van der Waals surface area contributed by atoms with Crippen molar-refractivity contribution < 1.29 is 18.8 Å². The van der Waals surface area contributed by atoms with Gasteiger partial charge >= 0.3 is 5.97 Å². The smallest absolute Gasteiger partial charge is 0.302 e. The number of fused-ring (bicyclic) bond motifs is 5. The summed E-state index contributed by atoms with van der Waals surface area (Å²) >= 11 is 0. The molecule has 0 aliphatic heterocycles. The quantitative estimate of drug-likeness (QED) is 0.400. The molecule has 4 aliphatic rings. The highest BCUT2D eigenvalue weighted by Crippen LogP contribution is 2.68. The second-order valence-electron chi connectivity index (χ2n) is 13.0. The SMILES string of the molecule is CC(=O)OC1CC2=CC(=O)[C@H]3[C@@H]4CC[C@H](C(C)(C)C)[C@@]4(C)CC[C@@H]3[C@@]2(C)C(O[SiH](C)C)C1. The Bertz CT molecular complexity index is 811. The van der Waals surface area contributed by atoms with Crippen molar-refractivity contribution in [2.45, 2.75) is 105 Å². The van der Waals surface area contributed by atoms with E-state index in [0.29, 0.717) is 30.0 Å². The highest BCUT2D eigenvalue weighted by molar-refractivity contribution is 6.48. The summed E-state index contributed by atoms with van der Waals surface area (Å²) in [6, 6.07) is 0. The number of allylic oxidation sites excluding steroid dienone is 1. The van der Waals surface area contributed by atoms with Gasteiger partial charge in [0.1, 0.15) is 6.10 Å². The highest BCUT2D eigenvalue weighted by atomic mass is 28.3. The average molecular weight is 461 g/mol. The summed E-state index contributed by atoms with van der Waals surface area (Å²) < 4.78 is 12.3. The molecule has 0 bridgehead atoms. The van der Waals surface area contributed by atoms with Gasteiger partial charge in [-0.2, -0.15) is 0 Å². The lowest BCUT2D eigenvalue weighted by Crippen LogP contribution is -2.59. The van der Waals surface area contributed by atoms with Crippen molar-refractivity contribution in [3.8, 4) is 0 Å². The molecule has 5 heteroatoms. The van der Waals surface area contributed by atoms with E-state index in [1.165, 1.54) is 31.8 Å². The Morgan fingerprint density at radius 2 is 1.81 bits per heavy atom. The lowest BCUT2D eigenvalue weighted by molar-refractivity contribution is -0.156. The highest BCUT2D eigenvalue weighted by Gasteiger charge is 2.64. The lowest BCUT2D eigenvalue weighted by Gasteiger charge is -2.60. The van der Waals surface area contributed by atoms with Crippen LogP contribution in [0.5, 0.6) is 0 Å². The van der Waals surface area contributed by atoms with Gasteiger partial charge < -0.3 is 9.16 Å². The number of carbonyl (C=O) groups is 2. The minimum absolute atomic E-state index is 0.0308. The summed E-state index contributed by atoms with van der Waals surface area (Å²) in [5.74, 6) is 1.67. The Kier molecular flexibility index (Phi) is 6.10. The van der Waals surface area contributed by atoms with Gasteiger partial charge in [0.2, 0.25) is 0 Å². The van der Waals surface area contributed by atoms with Crippen LogP contribution in [0.2, 0.25) is 13.1 Å². The fourth-order valence-corrected chi connectivity index (χ4v) is 9.73. The third-order valence-electron chi connectivity index (χ3n) is 9.79. The molecule has 0 spiro atoms. The molecule has 4 aliphatic carbocycles. The standard InChI is InChI=1S/C27H44O4Si/c1-16(28)30-18-13-17-14-21(29)24-19-9-10-22(25(2,3)4)26(19,5)12-11-20(24)27(17,6)23(15-18)31-32(7)8/h14,18-20,22-24,32H,9-13,15H2,1-8H3/t18?,19-,20-,22+,23?,24-,26-,27-/m0/s1. The van der Waals surface area contributed by atoms with Crippen LogP contribution in [-0.4, -0.2) is 33.0 Å². The first-order chi connectivity index (χ1) is 14.8. The van der Waals surface area contributed by atoms with Gasteiger partial charge in [-0.05, 0) is 73.4 Å². The number of ketones is 1. The van der Waals surface area contributed by atoms with Crippen molar-refractivity contribution in [3.63, 3.8) is 0 Å². The monoisotopic (exact) mass is 460 g/mol. The maximum absolute atomic E-state index is 13.7. The average Bonchev–Trinajstić information content (AvgIpc) is 3.00. The van der Waals surface area contributed by atoms with Gasteiger partial charge in [-0.3, -0.25) is 9.59 Å². The molecule has 4 rings (SSSR count). The first kappa shape index (κ1) is 24.2. The molecule has 32 heavy (non-hydrogen) atoms. The maximum atomic E-state index is 13.7. The van der Waals surface area contributed by atoms with Gasteiger partial charge in [-0.1, -0.05) is 40.2 Å². The Hall–Kier alpha value is -0.943. The summed E-state index contributed by atoms with van der Waals surface area (Å²) in [7, 11) is -1.30. The Morgan fingerprint density at radius 3 is 2.41 bits per heavy atom. The fraction of sp³-hybridized carbons (Fsp3) is 0.852. The molecule has 4 nitrogen and oxygen atoms in total. The number of rotatable bonds is 3. The van der Waals surface area contributed by atoms with Gasteiger partial charge in [-0.25, -0.2) is 0 Å². The number of hydrogen-bond donors (Lipinski definition) is 0. The molecule has 0 aromatic heterocycles. The van der Waals surface area contributed by atoms with Gasteiger partial charge in [-0.15, -0.1) is 0 Å². The molecule has 0 radical (unpaired) electrons. The Labute approximate surface area is 196 Å². The zero-order valence-corrected chi connectivity index (χ0v) is 22.6. The first-order valence-corrected chi connectivity index (χ1v) is 15.6.